The zero-order valence-corrected chi connectivity index (χ0v) is 9.78. The van der Waals surface area contributed by atoms with Gasteiger partial charge in [-0.2, -0.15) is 0 Å². The smallest absolute Gasteiger partial charge is 0.352 e. The van der Waals surface area contributed by atoms with Gasteiger partial charge in [0, 0.05) is 17.1 Å². The van der Waals surface area contributed by atoms with E-state index in [4.69, 9.17) is 5.11 Å². The van der Waals surface area contributed by atoms with Gasteiger partial charge in [0.25, 0.3) is 0 Å². The van der Waals surface area contributed by atoms with Gasteiger partial charge in [0.1, 0.15) is 11.4 Å². The monoisotopic (exact) mass is 247 g/mol. The van der Waals surface area contributed by atoms with Crippen molar-refractivity contribution in [2.45, 2.75) is 0 Å². The van der Waals surface area contributed by atoms with Crippen molar-refractivity contribution >= 4 is 37.6 Å². The van der Waals surface area contributed by atoms with Crippen LogP contribution in [0.1, 0.15) is 10.5 Å². The molecule has 0 aliphatic carbocycles. The standard InChI is InChI=1S/C12H9NO3S/c1-13-8(12(15)16)5-10-11(13)7-3-2-6(14)4-9(7)17-10/h2-5,14H,1H3,(H,15,16). The number of fused-ring (bicyclic) bond motifs is 3. The topological polar surface area (TPSA) is 62.5 Å². The SMILES string of the molecule is Cn1c(C(=O)O)cc2sc3cc(O)ccc3c21. The van der Waals surface area contributed by atoms with Crippen molar-refractivity contribution in [3.63, 3.8) is 0 Å². The molecule has 0 amide bonds. The number of carboxylic acid groups (broad SMARTS) is 1. The first-order chi connectivity index (χ1) is 8.08. The molecule has 3 rings (SSSR count). The number of thiophene rings is 1. The molecule has 0 unspecified atom stereocenters. The summed E-state index contributed by atoms with van der Waals surface area (Å²) in [5, 5.41) is 19.4. The maximum Gasteiger partial charge on any atom is 0.352 e. The maximum absolute atomic E-state index is 11.0. The third-order valence-electron chi connectivity index (χ3n) is 2.86. The number of rotatable bonds is 1. The van der Waals surface area contributed by atoms with Crippen LogP contribution in [0.3, 0.4) is 0 Å². The van der Waals surface area contributed by atoms with E-state index in [1.807, 2.05) is 6.07 Å². The fraction of sp³-hybridized carbons (Fsp3) is 0.0833. The number of carboxylic acids is 1. The Kier molecular flexibility index (Phi) is 1.94. The van der Waals surface area contributed by atoms with Gasteiger partial charge >= 0.3 is 5.97 Å². The summed E-state index contributed by atoms with van der Waals surface area (Å²) >= 11 is 1.48. The highest BCUT2D eigenvalue weighted by molar-refractivity contribution is 7.25. The van der Waals surface area contributed by atoms with Gasteiger partial charge < -0.3 is 14.8 Å². The van der Waals surface area contributed by atoms with Gasteiger partial charge in [-0.05, 0) is 24.3 Å². The summed E-state index contributed by atoms with van der Waals surface area (Å²) in [6.45, 7) is 0. The predicted octanol–water partition coefficient (Wildman–Crippen LogP) is 2.80. The van der Waals surface area contributed by atoms with E-state index in [0.717, 1.165) is 20.3 Å². The zero-order valence-electron chi connectivity index (χ0n) is 8.97. The van der Waals surface area contributed by atoms with E-state index in [1.165, 1.54) is 11.3 Å². The molecule has 0 saturated carbocycles. The average molecular weight is 247 g/mol. The molecule has 1 aromatic carbocycles. The summed E-state index contributed by atoms with van der Waals surface area (Å²) in [7, 11) is 1.74. The molecule has 0 aliphatic heterocycles. The molecule has 86 valence electrons. The minimum absolute atomic E-state index is 0.225. The van der Waals surface area contributed by atoms with Crippen molar-refractivity contribution in [1.82, 2.24) is 4.57 Å². The van der Waals surface area contributed by atoms with Crippen LogP contribution in [0, 0.1) is 0 Å². The van der Waals surface area contributed by atoms with E-state index < -0.39 is 5.97 Å². The Morgan fingerprint density at radius 3 is 2.76 bits per heavy atom. The Morgan fingerprint density at radius 2 is 2.06 bits per heavy atom. The molecule has 0 spiro atoms. The minimum Gasteiger partial charge on any atom is -0.508 e. The average Bonchev–Trinajstić information content (AvgIpc) is 2.75. The summed E-state index contributed by atoms with van der Waals surface area (Å²) in [6, 6.07) is 6.79. The lowest BCUT2D eigenvalue weighted by Gasteiger charge is -1.99. The Balaban J connectivity index is 2.46. The van der Waals surface area contributed by atoms with Crippen LogP contribution in [0.2, 0.25) is 0 Å². The number of phenolic OH excluding ortho intramolecular Hbond substituents is 1. The lowest BCUT2D eigenvalue weighted by molar-refractivity contribution is 0.0687. The summed E-state index contributed by atoms with van der Waals surface area (Å²) in [5.74, 6) is -0.703. The number of hydrogen-bond acceptors (Lipinski definition) is 3. The fourth-order valence-electron chi connectivity index (χ4n) is 2.08. The van der Waals surface area contributed by atoms with Crippen LogP contribution in [0.25, 0.3) is 20.3 Å². The van der Waals surface area contributed by atoms with Crippen LogP contribution in [0.15, 0.2) is 24.3 Å². The van der Waals surface area contributed by atoms with E-state index in [9.17, 15) is 9.90 Å². The predicted molar refractivity (Wildman–Crippen MR) is 66.9 cm³/mol. The second kappa shape index (κ2) is 3.24. The number of aryl methyl sites for hydroxylation is 1. The van der Waals surface area contributed by atoms with Crippen molar-refractivity contribution < 1.29 is 15.0 Å². The lowest BCUT2D eigenvalue weighted by Crippen LogP contribution is -2.03. The summed E-state index contributed by atoms with van der Waals surface area (Å²) < 4.78 is 3.56. The molecular formula is C12H9NO3S. The Morgan fingerprint density at radius 1 is 1.29 bits per heavy atom. The van der Waals surface area contributed by atoms with Gasteiger partial charge in [0.2, 0.25) is 0 Å². The van der Waals surface area contributed by atoms with Crippen LogP contribution in [-0.2, 0) is 7.05 Å². The second-order valence-corrected chi connectivity index (χ2v) is 4.97. The Labute approximate surface area is 100 Å². The number of hydrogen-bond donors (Lipinski definition) is 2. The van der Waals surface area contributed by atoms with E-state index in [1.54, 1.807) is 29.8 Å². The van der Waals surface area contributed by atoms with Gasteiger partial charge in [-0.3, -0.25) is 0 Å². The van der Waals surface area contributed by atoms with Crippen molar-refractivity contribution in [3.05, 3.63) is 30.0 Å². The van der Waals surface area contributed by atoms with E-state index in [0.29, 0.717) is 0 Å². The number of nitrogens with zero attached hydrogens (tertiary/aromatic N) is 1. The molecule has 0 saturated heterocycles. The minimum atomic E-state index is -0.928. The van der Waals surface area contributed by atoms with Crippen LogP contribution < -0.4 is 0 Å². The molecule has 5 heteroatoms. The van der Waals surface area contributed by atoms with Gasteiger partial charge in [-0.25, -0.2) is 4.79 Å². The molecule has 0 aliphatic rings. The third-order valence-corrected chi connectivity index (χ3v) is 3.95. The van der Waals surface area contributed by atoms with Crippen molar-refractivity contribution in [3.8, 4) is 5.75 Å². The fourth-order valence-corrected chi connectivity index (χ4v) is 3.29. The van der Waals surface area contributed by atoms with E-state index in [2.05, 4.69) is 0 Å². The number of aromatic nitrogens is 1. The Bertz CT molecular complexity index is 754. The second-order valence-electron chi connectivity index (χ2n) is 3.89. The largest absolute Gasteiger partial charge is 0.508 e. The van der Waals surface area contributed by atoms with Crippen molar-refractivity contribution in [2.24, 2.45) is 7.05 Å². The van der Waals surface area contributed by atoms with Gasteiger partial charge in [0.15, 0.2) is 0 Å². The molecule has 2 aromatic heterocycles. The molecule has 0 atom stereocenters. The maximum atomic E-state index is 11.0. The highest BCUT2D eigenvalue weighted by atomic mass is 32.1. The number of carbonyl (C=O) groups is 1. The number of benzene rings is 1. The summed E-state index contributed by atoms with van der Waals surface area (Å²) in [5.41, 5.74) is 1.18. The molecule has 2 heterocycles. The molecule has 17 heavy (non-hydrogen) atoms. The van der Waals surface area contributed by atoms with Crippen LogP contribution in [-0.4, -0.2) is 20.7 Å². The van der Waals surface area contributed by atoms with Gasteiger partial charge in [-0.1, -0.05) is 0 Å². The van der Waals surface area contributed by atoms with E-state index >= 15 is 0 Å². The van der Waals surface area contributed by atoms with Crippen LogP contribution in [0.4, 0.5) is 0 Å². The third kappa shape index (κ3) is 1.32. The van der Waals surface area contributed by atoms with E-state index in [-0.39, 0.29) is 11.4 Å². The highest BCUT2D eigenvalue weighted by Gasteiger charge is 2.16. The zero-order chi connectivity index (χ0) is 12.2. The first-order valence-electron chi connectivity index (χ1n) is 5.02. The molecule has 0 fully saturated rings. The molecule has 2 N–H and O–H groups in total. The quantitative estimate of drug-likeness (QED) is 0.695. The van der Waals surface area contributed by atoms with Crippen LogP contribution >= 0.6 is 11.3 Å². The molecular weight excluding hydrogens is 238 g/mol. The summed E-state index contributed by atoms with van der Waals surface area (Å²) in [4.78, 5) is 11.0. The number of aromatic hydroxyl groups is 1. The number of aromatic carboxylic acids is 1. The number of phenols is 1. The lowest BCUT2D eigenvalue weighted by atomic mass is 10.2. The van der Waals surface area contributed by atoms with Gasteiger partial charge in [0.05, 0.1) is 10.2 Å². The first-order valence-corrected chi connectivity index (χ1v) is 5.84. The molecule has 3 aromatic rings. The first kappa shape index (κ1) is 10.2. The normalized spacial score (nSPS) is 11.4. The highest BCUT2D eigenvalue weighted by Crippen LogP contribution is 2.37. The Hall–Kier alpha value is -2.01. The molecule has 4 nitrogen and oxygen atoms in total. The van der Waals surface area contributed by atoms with Crippen molar-refractivity contribution in [1.29, 1.82) is 0 Å². The van der Waals surface area contributed by atoms with Crippen LogP contribution in [0.5, 0.6) is 5.75 Å². The summed E-state index contributed by atoms with van der Waals surface area (Å²) in [6.07, 6.45) is 0. The molecule has 0 radical (unpaired) electrons. The van der Waals surface area contributed by atoms with Gasteiger partial charge in [-0.15, -0.1) is 11.3 Å². The van der Waals surface area contributed by atoms with Crippen molar-refractivity contribution in [2.75, 3.05) is 0 Å². The molecule has 0 bridgehead atoms.